The van der Waals surface area contributed by atoms with Crippen molar-refractivity contribution in [3.05, 3.63) is 47.5 Å². The number of halogens is 1. The van der Waals surface area contributed by atoms with Crippen LogP contribution in [0.3, 0.4) is 0 Å². The zero-order valence-electron chi connectivity index (χ0n) is 10.8. The van der Waals surface area contributed by atoms with Crippen molar-refractivity contribution in [2.75, 3.05) is 5.32 Å². The fourth-order valence-corrected chi connectivity index (χ4v) is 1.90. The van der Waals surface area contributed by atoms with Gasteiger partial charge in [-0.15, -0.1) is 0 Å². The zero-order valence-corrected chi connectivity index (χ0v) is 11.6. The molecule has 0 saturated carbocycles. The van der Waals surface area contributed by atoms with Crippen LogP contribution in [-0.2, 0) is 13.6 Å². The molecule has 0 atom stereocenters. The Morgan fingerprint density at radius 3 is 2.63 bits per heavy atom. The minimum atomic E-state index is -0.268. The Labute approximate surface area is 116 Å². The van der Waals surface area contributed by atoms with Crippen molar-refractivity contribution < 1.29 is 4.39 Å². The molecule has 0 fully saturated rings. The minimum absolute atomic E-state index is 0.268. The molecule has 2 aromatic rings. The van der Waals surface area contributed by atoms with Crippen molar-refractivity contribution in [2.45, 2.75) is 13.5 Å². The fraction of sp³-hybridized carbons (Fsp3) is 0.231. The lowest BCUT2D eigenvalue weighted by Crippen LogP contribution is -2.27. The molecular formula is C13H15FN4S. The second kappa shape index (κ2) is 5.79. The molecule has 0 aliphatic heterocycles. The quantitative estimate of drug-likeness (QED) is 0.846. The second-order valence-electron chi connectivity index (χ2n) is 4.23. The summed E-state index contributed by atoms with van der Waals surface area (Å²) in [5.74, 6) is -0.268. The number of nitrogens with one attached hydrogen (secondary N) is 2. The number of rotatable bonds is 3. The summed E-state index contributed by atoms with van der Waals surface area (Å²) in [5, 5.41) is 10.8. The number of benzene rings is 1. The average molecular weight is 278 g/mol. The van der Waals surface area contributed by atoms with E-state index in [2.05, 4.69) is 15.7 Å². The van der Waals surface area contributed by atoms with Crippen LogP contribution in [0.4, 0.5) is 10.1 Å². The smallest absolute Gasteiger partial charge is 0.171 e. The van der Waals surface area contributed by atoms with E-state index in [1.807, 2.05) is 20.2 Å². The van der Waals surface area contributed by atoms with Gasteiger partial charge < -0.3 is 10.6 Å². The van der Waals surface area contributed by atoms with Gasteiger partial charge in [-0.1, -0.05) is 0 Å². The molecule has 19 heavy (non-hydrogen) atoms. The second-order valence-corrected chi connectivity index (χ2v) is 4.64. The molecule has 0 bridgehead atoms. The Kier molecular flexibility index (Phi) is 4.11. The van der Waals surface area contributed by atoms with Crippen molar-refractivity contribution >= 4 is 23.0 Å². The normalized spacial score (nSPS) is 10.3. The topological polar surface area (TPSA) is 41.9 Å². The summed E-state index contributed by atoms with van der Waals surface area (Å²) in [6.07, 6.45) is 1.95. The van der Waals surface area contributed by atoms with E-state index in [9.17, 15) is 4.39 Å². The summed E-state index contributed by atoms with van der Waals surface area (Å²) in [6, 6.07) is 6.05. The summed E-state index contributed by atoms with van der Waals surface area (Å²) < 4.78 is 14.5. The van der Waals surface area contributed by atoms with E-state index in [0.717, 1.165) is 16.9 Å². The minimum Gasteiger partial charge on any atom is -0.358 e. The van der Waals surface area contributed by atoms with Crippen molar-refractivity contribution in [1.82, 2.24) is 15.1 Å². The van der Waals surface area contributed by atoms with Crippen molar-refractivity contribution in [3.63, 3.8) is 0 Å². The summed E-state index contributed by atoms with van der Waals surface area (Å²) in [4.78, 5) is 0. The molecule has 0 radical (unpaired) electrons. The SMILES string of the molecule is Cc1nn(C)cc1CNC(=S)Nc1ccc(F)cc1. The predicted octanol–water partition coefficient (Wildman–Crippen LogP) is 2.35. The Morgan fingerprint density at radius 2 is 2.05 bits per heavy atom. The highest BCUT2D eigenvalue weighted by molar-refractivity contribution is 7.80. The molecule has 4 nitrogen and oxygen atoms in total. The highest BCUT2D eigenvalue weighted by Gasteiger charge is 2.04. The first-order valence-corrected chi connectivity index (χ1v) is 6.25. The van der Waals surface area contributed by atoms with Gasteiger partial charge in [0, 0.05) is 31.0 Å². The van der Waals surface area contributed by atoms with Crippen LogP contribution in [0.2, 0.25) is 0 Å². The molecule has 0 unspecified atom stereocenters. The predicted molar refractivity (Wildman–Crippen MR) is 77.4 cm³/mol. The molecule has 0 amide bonds. The molecule has 6 heteroatoms. The number of hydrogen-bond donors (Lipinski definition) is 2. The number of hydrogen-bond acceptors (Lipinski definition) is 2. The van der Waals surface area contributed by atoms with Gasteiger partial charge in [0.1, 0.15) is 5.82 Å². The lowest BCUT2D eigenvalue weighted by Gasteiger charge is -2.09. The highest BCUT2D eigenvalue weighted by atomic mass is 32.1. The molecule has 100 valence electrons. The van der Waals surface area contributed by atoms with Crippen LogP contribution in [0.25, 0.3) is 0 Å². The van der Waals surface area contributed by atoms with Crippen LogP contribution < -0.4 is 10.6 Å². The van der Waals surface area contributed by atoms with E-state index in [4.69, 9.17) is 12.2 Å². The lowest BCUT2D eigenvalue weighted by atomic mass is 10.3. The van der Waals surface area contributed by atoms with Gasteiger partial charge in [-0.05, 0) is 43.4 Å². The number of nitrogens with zero attached hydrogens (tertiary/aromatic N) is 2. The van der Waals surface area contributed by atoms with E-state index in [0.29, 0.717) is 11.7 Å². The zero-order chi connectivity index (χ0) is 13.8. The lowest BCUT2D eigenvalue weighted by molar-refractivity contribution is 0.628. The van der Waals surface area contributed by atoms with Crippen LogP contribution in [0.1, 0.15) is 11.3 Å². The maximum atomic E-state index is 12.8. The van der Waals surface area contributed by atoms with Crippen molar-refractivity contribution in [2.24, 2.45) is 7.05 Å². The van der Waals surface area contributed by atoms with Gasteiger partial charge in [-0.25, -0.2) is 4.39 Å². The third-order valence-corrected chi connectivity index (χ3v) is 2.90. The van der Waals surface area contributed by atoms with Gasteiger partial charge in [0.25, 0.3) is 0 Å². The largest absolute Gasteiger partial charge is 0.358 e. The van der Waals surface area contributed by atoms with Gasteiger partial charge in [0.05, 0.1) is 5.69 Å². The van der Waals surface area contributed by atoms with E-state index in [1.54, 1.807) is 16.8 Å². The molecule has 0 saturated heterocycles. The van der Waals surface area contributed by atoms with Crippen molar-refractivity contribution in [1.29, 1.82) is 0 Å². The molecule has 0 spiro atoms. The number of aromatic nitrogens is 2. The summed E-state index contributed by atoms with van der Waals surface area (Å²) in [5.41, 5.74) is 2.81. The summed E-state index contributed by atoms with van der Waals surface area (Å²) >= 11 is 5.17. The molecule has 0 aliphatic carbocycles. The first-order valence-electron chi connectivity index (χ1n) is 5.84. The highest BCUT2D eigenvalue weighted by Crippen LogP contribution is 2.08. The van der Waals surface area contributed by atoms with E-state index < -0.39 is 0 Å². The van der Waals surface area contributed by atoms with Crippen LogP contribution in [-0.4, -0.2) is 14.9 Å². The Hall–Kier alpha value is -1.95. The maximum absolute atomic E-state index is 12.8. The van der Waals surface area contributed by atoms with Gasteiger partial charge in [-0.2, -0.15) is 5.10 Å². The van der Waals surface area contributed by atoms with Crippen molar-refractivity contribution in [3.8, 4) is 0 Å². The molecular weight excluding hydrogens is 263 g/mol. The third-order valence-electron chi connectivity index (χ3n) is 2.66. The summed E-state index contributed by atoms with van der Waals surface area (Å²) in [7, 11) is 1.88. The Bertz CT molecular complexity index is 577. The monoisotopic (exact) mass is 278 g/mol. The number of aryl methyl sites for hydroxylation is 2. The van der Waals surface area contributed by atoms with Crippen LogP contribution in [0, 0.1) is 12.7 Å². The van der Waals surface area contributed by atoms with E-state index >= 15 is 0 Å². The average Bonchev–Trinajstić information content (AvgIpc) is 2.68. The molecule has 2 rings (SSSR count). The van der Waals surface area contributed by atoms with Gasteiger partial charge >= 0.3 is 0 Å². The third kappa shape index (κ3) is 3.75. The molecule has 1 aromatic heterocycles. The van der Waals surface area contributed by atoms with Crippen LogP contribution in [0.5, 0.6) is 0 Å². The fourth-order valence-electron chi connectivity index (χ4n) is 1.71. The van der Waals surface area contributed by atoms with Gasteiger partial charge in [0.2, 0.25) is 0 Å². The maximum Gasteiger partial charge on any atom is 0.171 e. The molecule has 1 heterocycles. The molecule has 0 aliphatic rings. The number of thiocarbonyl (C=S) groups is 1. The summed E-state index contributed by atoms with van der Waals surface area (Å²) in [6.45, 7) is 2.56. The standard InChI is InChI=1S/C13H15FN4S/c1-9-10(8-18(2)17-9)7-15-13(19)16-12-5-3-11(14)4-6-12/h3-6,8H,7H2,1-2H3,(H2,15,16,19). The molecule has 2 N–H and O–H groups in total. The number of anilines is 1. The van der Waals surface area contributed by atoms with Gasteiger partial charge in [-0.3, -0.25) is 4.68 Å². The Morgan fingerprint density at radius 1 is 1.37 bits per heavy atom. The van der Waals surface area contributed by atoms with Gasteiger partial charge in [0.15, 0.2) is 5.11 Å². The molecule has 1 aromatic carbocycles. The van der Waals surface area contributed by atoms with Crippen LogP contribution in [0.15, 0.2) is 30.5 Å². The first kappa shape index (κ1) is 13.5. The van der Waals surface area contributed by atoms with Crippen LogP contribution >= 0.6 is 12.2 Å². The first-order chi connectivity index (χ1) is 9.04. The van der Waals surface area contributed by atoms with E-state index in [1.165, 1.54) is 12.1 Å². The Balaban J connectivity index is 1.88. The van der Waals surface area contributed by atoms with E-state index in [-0.39, 0.29) is 5.82 Å².